The molecule has 0 fully saturated rings. The van der Waals surface area contributed by atoms with Crippen LogP contribution in [0.2, 0.25) is 0 Å². The molecule has 0 radical (unpaired) electrons. The molecule has 146 valence electrons. The molecule has 0 bridgehead atoms. The molecule has 0 heterocycles. The first kappa shape index (κ1) is 26.2. The maximum Gasteiger partial charge on any atom is 0.254 e. The minimum absolute atomic E-state index is 0.925. The van der Waals surface area contributed by atoms with Crippen molar-refractivity contribution in [3.05, 3.63) is 11.5 Å². The smallest absolute Gasteiger partial charge is 0.254 e. The highest BCUT2D eigenvalue weighted by molar-refractivity contribution is 8.16. The lowest BCUT2D eigenvalue weighted by Gasteiger charge is -2.39. The molecule has 5 heteroatoms. The van der Waals surface area contributed by atoms with E-state index in [1.165, 1.54) is 88.1 Å². The van der Waals surface area contributed by atoms with Gasteiger partial charge in [-0.3, -0.25) is 0 Å². The van der Waals surface area contributed by atoms with E-state index in [4.69, 9.17) is 10.7 Å². The molecule has 0 aromatic heterocycles. The van der Waals surface area contributed by atoms with Gasteiger partial charge >= 0.3 is 0 Å². The van der Waals surface area contributed by atoms with Crippen LogP contribution in [0.4, 0.5) is 0 Å². The molecule has 0 atom stereocenters. The third-order valence-corrected chi connectivity index (χ3v) is 5.15. The molecule has 0 unspecified atom stereocenters. The van der Waals surface area contributed by atoms with E-state index in [-0.39, 0.29) is 0 Å². The van der Waals surface area contributed by atoms with E-state index < -0.39 is 9.05 Å². The van der Waals surface area contributed by atoms with E-state index in [1.54, 1.807) is 6.92 Å². The van der Waals surface area contributed by atoms with Crippen LogP contribution in [0.15, 0.2) is 11.5 Å². The van der Waals surface area contributed by atoms with E-state index in [0.717, 1.165) is 5.41 Å². The summed E-state index contributed by atoms with van der Waals surface area (Å²) in [6, 6.07) is 0. The number of quaternary nitrogens is 1. The lowest BCUT2D eigenvalue weighted by atomic mass is 10.1. The van der Waals surface area contributed by atoms with Crippen LogP contribution in [0.3, 0.4) is 0 Å². The van der Waals surface area contributed by atoms with Crippen LogP contribution in [0.1, 0.15) is 86.0 Å². The molecule has 0 saturated carbocycles. The van der Waals surface area contributed by atoms with Crippen LogP contribution in [0.5, 0.6) is 0 Å². The van der Waals surface area contributed by atoms with Crippen LogP contribution in [-0.2, 0) is 9.05 Å². The molecular weight excluding hydrogens is 342 g/mol. The topological polar surface area (TPSA) is 34.1 Å². The maximum atomic E-state index is 9.91. The van der Waals surface area contributed by atoms with Gasteiger partial charge in [0.25, 0.3) is 9.05 Å². The van der Waals surface area contributed by atoms with Crippen molar-refractivity contribution in [1.29, 1.82) is 0 Å². The van der Waals surface area contributed by atoms with Crippen LogP contribution < -0.4 is 0 Å². The number of allylic oxidation sites excluding steroid dienone is 1. The van der Waals surface area contributed by atoms with Crippen LogP contribution in [0, 0.1) is 0 Å². The lowest BCUT2D eigenvalue weighted by molar-refractivity contribution is -0.929. The summed E-state index contributed by atoms with van der Waals surface area (Å²) in [5.74, 6) is 0. The molecule has 0 N–H and O–H groups in total. The Hall–Kier alpha value is -0.0600. The predicted molar refractivity (Wildman–Crippen MR) is 109 cm³/mol. The van der Waals surface area contributed by atoms with Gasteiger partial charge in [-0.2, -0.15) is 0 Å². The molecule has 0 aromatic carbocycles. The third-order valence-electron chi connectivity index (χ3n) is 4.24. The Labute approximate surface area is 156 Å². The Morgan fingerprint density at radius 3 is 1.17 bits per heavy atom. The summed E-state index contributed by atoms with van der Waals surface area (Å²) in [5, 5.41) is 0.925. The first-order chi connectivity index (χ1) is 11.3. The summed E-state index contributed by atoms with van der Waals surface area (Å²) in [6.45, 7) is 16.6. The van der Waals surface area contributed by atoms with Crippen molar-refractivity contribution < 1.29 is 12.9 Å². The van der Waals surface area contributed by atoms with E-state index in [1.807, 2.05) is 0 Å². The van der Waals surface area contributed by atoms with Crippen molar-refractivity contribution in [3.8, 4) is 0 Å². The molecule has 0 amide bonds. The second-order valence-corrected chi connectivity index (χ2v) is 9.11. The maximum absolute atomic E-state index is 9.91. The van der Waals surface area contributed by atoms with Gasteiger partial charge in [0.2, 0.25) is 0 Å². The summed E-state index contributed by atoms with van der Waals surface area (Å²) in [5.41, 5.74) is 0. The summed E-state index contributed by atoms with van der Waals surface area (Å²) < 4.78 is 21.2. The summed E-state index contributed by atoms with van der Waals surface area (Å²) in [4.78, 5) is 0. The molecule has 0 rings (SSSR count). The zero-order valence-electron chi connectivity index (χ0n) is 16.7. The van der Waals surface area contributed by atoms with E-state index in [0.29, 0.717) is 0 Å². The van der Waals surface area contributed by atoms with Gasteiger partial charge in [0.05, 0.1) is 26.2 Å². The summed E-state index contributed by atoms with van der Waals surface area (Å²) >= 11 is 0. The van der Waals surface area contributed by atoms with E-state index >= 15 is 0 Å². The Morgan fingerprint density at radius 1 is 0.750 bits per heavy atom. The fraction of sp³-hybridized carbons (Fsp3) is 0.895. The minimum Gasteiger partial charge on any atom is -0.324 e. The van der Waals surface area contributed by atoms with Gasteiger partial charge in [-0.1, -0.05) is 59.5 Å². The van der Waals surface area contributed by atoms with E-state index in [2.05, 4.69) is 27.7 Å². The molecule has 0 aliphatic heterocycles. The van der Waals surface area contributed by atoms with Crippen LogP contribution in [0.25, 0.3) is 0 Å². The second-order valence-electron chi connectivity index (χ2n) is 6.60. The number of halogens is 1. The number of hydrogen-bond donors (Lipinski definition) is 0. The highest BCUT2D eigenvalue weighted by Gasteiger charge is 2.24. The molecule has 0 saturated heterocycles. The zero-order chi connectivity index (χ0) is 18.9. The number of hydrogen-bond acceptors (Lipinski definition) is 2. The SMILES string of the molecule is C/C=C/S(=O)(=O)Cl.CCCC[N+](CCCC)(CCCC)CCCC. The molecule has 24 heavy (non-hydrogen) atoms. The van der Waals surface area contributed by atoms with Crippen molar-refractivity contribution in [1.82, 2.24) is 0 Å². The first-order valence-corrected chi connectivity index (χ1v) is 12.1. The van der Waals surface area contributed by atoms with Gasteiger partial charge < -0.3 is 4.48 Å². The predicted octanol–water partition coefficient (Wildman–Crippen LogP) is 6.09. The Morgan fingerprint density at radius 2 is 1.04 bits per heavy atom. The Balaban J connectivity index is 0. The highest BCUT2D eigenvalue weighted by Crippen LogP contribution is 2.16. The molecule has 0 aromatic rings. The van der Waals surface area contributed by atoms with Gasteiger partial charge in [0.1, 0.15) is 0 Å². The molecule has 3 nitrogen and oxygen atoms in total. The molecule has 0 aliphatic rings. The average molecular weight is 383 g/mol. The second kappa shape index (κ2) is 16.4. The normalized spacial score (nSPS) is 12.2. The quantitative estimate of drug-likeness (QED) is 0.285. The van der Waals surface area contributed by atoms with Crippen LogP contribution in [-0.4, -0.2) is 39.1 Å². The lowest BCUT2D eigenvalue weighted by Crippen LogP contribution is -2.50. The standard InChI is InChI=1S/C16H36N.C3H5ClO2S/c1-5-9-13-17(14-10-6-2,15-11-7-3)16-12-8-4;1-2-3-7(4,5)6/h5-16H2,1-4H3;2-3H,1H3/q+1;/b;3-2+. The van der Waals surface area contributed by atoms with Gasteiger partial charge in [0.15, 0.2) is 0 Å². The highest BCUT2D eigenvalue weighted by atomic mass is 35.7. The Kier molecular flexibility index (Phi) is 17.9. The van der Waals surface area contributed by atoms with Gasteiger partial charge in [-0.25, -0.2) is 8.42 Å². The number of nitrogens with zero attached hydrogens (tertiary/aromatic N) is 1. The van der Waals surface area contributed by atoms with Gasteiger partial charge in [-0.15, -0.1) is 0 Å². The van der Waals surface area contributed by atoms with Crippen molar-refractivity contribution in [2.75, 3.05) is 26.2 Å². The van der Waals surface area contributed by atoms with Crippen molar-refractivity contribution in [3.63, 3.8) is 0 Å². The van der Waals surface area contributed by atoms with Gasteiger partial charge in [0, 0.05) is 16.1 Å². The average Bonchev–Trinajstić information content (AvgIpc) is 2.53. The molecule has 0 aliphatic carbocycles. The summed E-state index contributed by atoms with van der Waals surface area (Å²) in [7, 11) is 1.34. The van der Waals surface area contributed by atoms with E-state index in [9.17, 15) is 8.42 Å². The number of rotatable bonds is 13. The van der Waals surface area contributed by atoms with Crippen molar-refractivity contribution in [2.45, 2.75) is 86.0 Å². The zero-order valence-corrected chi connectivity index (χ0v) is 18.3. The molecular formula is C19H41ClNO2S+. The van der Waals surface area contributed by atoms with Gasteiger partial charge in [-0.05, 0) is 32.6 Å². The minimum atomic E-state index is -3.38. The van der Waals surface area contributed by atoms with Crippen molar-refractivity contribution >= 4 is 19.7 Å². The fourth-order valence-corrected chi connectivity index (χ4v) is 3.44. The fourth-order valence-electron chi connectivity index (χ4n) is 2.81. The number of unbranched alkanes of at least 4 members (excludes halogenated alkanes) is 4. The van der Waals surface area contributed by atoms with Crippen molar-refractivity contribution in [2.24, 2.45) is 0 Å². The monoisotopic (exact) mass is 382 g/mol. The largest absolute Gasteiger partial charge is 0.324 e. The van der Waals surface area contributed by atoms with Crippen LogP contribution >= 0.6 is 10.7 Å². The summed E-state index contributed by atoms with van der Waals surface area (Å²) in [6.07, 6.45) is 12.4. The Bertz CT molecular complexity index is 357. The third kappa shape index (κ3) is 16.8. The molecule has 0 spiro atoms. The first-order valence-electron chi connectivity index (χ1n) is 9.73.